The predicted octanol–water partition coefficient (Wildman–Crippen LogP) is 8.14. The smallest absolute Gasteiger partial charge is 0.407 e. The first-order chi connectivity index (χ1) is 23.6. The van der Waals surface area contributed by atoms with Crippen molar-refractivity contribution in [1.82, 2.24) is 10.6 Å². The minimum absolute atomic E-state index is 0. The molecular formula is C40H73N5O4S. The number of nitrogens with two attached hydrogens (primary N) is 2. The molecule has 50 heavy (non-hydrogen) atoms. The lowest BCUT2D eigenvalue weighted by Crippen LogP contribution is -2.39. The van der Waals surface area contributed by atoms with E-state index in [1.54, 1.807) is 27.1 Å². The molecule has 0 radical (unpaired) electrons. The summed E-state index contributed by atoms with van der Waals surface area (Å²) in [6.07, 6.45) is 27.5. The molecule has 5 rings (SSSR count). The van der Waals surface area contributed by atoms with Crippen LogP contribution in [0.3, 0.4) is 0 Å². The van der Waals surface area contributed by atoms with Crippen LogP contribution in [0, 0.1) is 16.7 Å². The van der Waals surface area contributed by atoms with E-state index in [1.165, 1.54) is 71.1 Å². The molecule has 4 aliphatic carbocycles. The third-order valence-corrected chi connectivity index (χ3v) is 10.6. The third kappa shape index (κ3) is 14.3. The van der Waals surface area contributed by atoms with Gasteiger partial charge >= 0.3 is 6.09 Å². The van der Waals surface area contributed by atoms with E-state index < -0.39 is 12.1 Å². The number of ether oxygens (including phenoxy) is 1. The Morgan fingerprint density at radius 2 is 1.74 bits per heavy atom. The van der Waals surface area contributed by atoms with Gasteiger partial charge in [0.25, 0.3) is 0 Å². The zero-order chi connectivity index (χ0) is 36.8. The summed E-state index contributed by atoms with van der Waals surface area (Å²) in [5, 5.41) is 13.5. The second-order valence-corrected chi connectivity index (χ2v) is 14.5. The highest BCUT2D eigenvalue weighted by Crippen LogP contribution is 2.56. The van der Waals surface area contributed by atoms with Crippen molar-refractivity contribution in [2.45, 2.75) is 124 Å². The van der Waals surface area contributed by atoms with Gasteiger partial charge in [-0.2, -0.15) is 0 Å². The van der Waals surface area contributed by atoms with Gasteiger partial charge in [-0.3, -0.25) is 0 Å². The van der Waals surface area contributed by atoms with Crippen molar-refractivity contribution in [3.63, 3.8) is 0 Å². The lowest BCUT2D eigenvalue weighted by atomic mass is 9.82. The minimum atomic E-state index is -0.573. The van der Waals surface area contributed by atoms with Crippen molar-refractivity contribution < 1.29 is 22.7 Å². The molecule has 1 aromatic heterocycles. The minimum Gasteiger partial charge on any atom is -0.453 e. The molecule has 1 saturated carbocycles. The Kier molecular flexibility index (Phi) is 24.3. The Morgan fingerprint density at radius 1 is 1.12 bits per heavy atom. The standard InChI is InChI=1S/C24H28N2S.C7H13NO3.C5H13N.C3H8.CH5N.H2O.2H2/c25-15-17-5-1-2-6-19(17)23-21-14-24(11-3-4-12-24)13-20(21)22(27-23)16-7-9-18(26)10-8-16;1-5(2)6(4-9)8-7(10)11-3;1-3-5-6-4-2;1-3-2;1-2;;;/h1-2,5,7,9-10,15-16,19,25H,3-4,6,8,11-14,26H2;4-6H,1-3H3,(H,8,10);6H,3-5H2,1-2H3;3H2,1-2H3;2H2,1H3;1H2;2*1H/t;6-;;;;;;/m.1....../s1. The quantitative estimate of drug-likeness (QED) is 0.0978. The van der Waals surface area contributed by atoms with Crippen LogP contribution in [0.5, 0.6) is 0 Å². The lowest BCUT2D eigenvalue weighted by molar-refractivity contribution is -0.110. The molecule has 9 N–H and O–H groups in total. The molecule has 10 heteroatoms. The summed E-state index contributed by atoms with van der Waals surface area (Å²) in [5.41, 5.74) is 16.4. The fourth-order valence-electron chi connectivity index (χ4n) is 6.59. The first-order valence-corrected chi connectivity index (χ1v) is 19.2. The summed E-state index contributed by atoms with van der Waals surface area (Å²) in [6, 6.07) is -0.456. The van der Waals surface area contributed by atoms with Gasteiger partial charge < -0.3 is 42.5 Å². The number of thiophene rings is 1. The van der Waals surface area contributed by atoms with Crippen LogP contribution in [0.15, 0.2) is 47.7 Å². The molecule has 288 valence electrons. The van der Waals surface area contributed by atoms with Gasteiger partial charge in [0.1, 0.15) is 6.29 Å². The summed E-state index contributed by atoms with van der Waals surface area (Å²) in [4.78, 5) is 24.1. The summed E-state index contributed by atoms with van der Waals surface area (Å²) in [5.74, 6) is 0.948. The number of nitrogens with one attached hydrogen (secondary N) is 3. The van der Waals surface area contributed by atoms with Crippen molar-refractivity contribution in [1.29, 1.82) is 5.41 Å². The van der Waals surface area contributed by atoms with Gasteiger partial charge in [0.15, 0.2) is 0 Å². The second-order valence-electron chi connectivity index (χ2n) is 13.4. The van der Waals surface area contributed by atoms with Crippen LogP contribution in [-0.2, 0) is 22.4 Å². The number of carbonyl (C=O) groups is 2. The van der Waals surface area contributed by atoms with Gasteiger partial charge in [0.2, 0.25) is 0 Å². The van der Waals surface area contributed by atoms with Crippen LogP contribution in [0.4, 0.5) is 4.79 Å². The van der Waals surface area contributed by atoms with Gasteiger partial charge in [-0.1, -0.05) is 91.2 Å². The van der Waals surface area contributed by atoms with Crippen molar-refractivity contribution in [3.8, 4) is 0 Å². The molecule has 0 saturated heterocycles. The maximum absolute atomic E-state index is 10.6. The van der Waals surface area contributed by atoms with E-state index in [4.69, 9.17) is 11.1 Å². The largest absolute Gasteiger partial charge is 0.453 e. The van der Waals surface area contributed by atoms with Crippen LogP contribution in [0.2, 0.25) is 0 Å². The molecule has 0 bridgehead atoms. The van der Waals surface area contributed by atoms with Crippen molar-refractivity contribution in [3.05, 3.63) is 68.6 Å². The molecule has 1 fully saturated rings. The molecular weight excluding hydrogens is 647 g/mol. The van der Waals surface area contributed by atoms with Crippen LogP contribution < -0.4 is 22.1 Å². The fraction of sp³-hybridized carbons (Fsp3) is 0.625. The van der Waals surface area contributed by atoms with Crippen LogP contribution in [-0.4, -0.2) is 57.4 Å². The average Bonchev–Trinajstić information content (AvgIpc) is 3.83. The normalized spacial score (nSPS) is 19.6. The summed E-state index contributed by atoms with van der Waals surface area (Å²) in [7, 11) is 2.76. The van der Waals surface area contributed by atoms with E-state index >= 15 is 0 Å². The maximum Gasteiger partial charge on any atom is 0.407 e. The highest BCUT2D eigenvalue weighted by Gasteiger charge is 2.44. The Hall–Kier alpha value is -3.05. The Bertz CT molecular complexity index is 1270. The SMILES string of the molecule is CCC.CCCNCC.CN.COC(=O)N[C@H](C=O)C(C)C.N=CC1=CC=CCC1c1sc(C2C=CC(N)=CC2)c2c1CC1(CCCC1)C2.O.[HH].[HH]. The Balaban J connectivity index is -0.000000810. The number of aldehydes is 1. The molecule has 2 unspecified atom stereocenters. The monoisotopic (exact) mass is 720 g/mol. The molecule has 0 aliphatic heterocycles. The van der Waals surface area contributed by atoms with E-state index in [-0.39, 0.29) is 14.2 Å². The number of allylic oxidation sites excluding steroid dienone is 7. The topological polar surface area (TPSA) is 175 Å². The molecule has 0 aromatic carbocycles. The van der Waals surface area contributed by atoms with Crippen molar-refractivity contribution in [2.24, 2.45) is 22.8 Å². The van der Waals surface area contributed by atoms with E-state index in [9.17, 15) is 9.59 Å². The van der Waals surface area contributed by atoms with Crippen molar-refractivity contribution >= 4 is 29.9 Å². The molecule has 1 heterocycles. The number of fused-ring (bicyclic) bond motifs is 1. The molecule has 1 spiro atoms. The molecule has 3 atom stereocenters. The number of hydrogen-bond acceptors (Lipinski definition) is 8. The molecule has 9 nitrogen and oxygen atoms in total. The van der Waals surface area contributed by atoms with Crippen LogP contribution in [0.1, 0.15) is 128 Å². The highest BCUT2D eigenvalue weighted by atomic mass is 32.1. The first kappa shape index (κ1) is 47.0. The van der Waals surface area contributed by atoms with Gasteiger partial charge in [0.05, 0.1) is 13.2 Å². The number of carbonyl (C=O) groups excluding carboxylic acids is 2. The summed E-state index contributed by atoms with van der Waals surface area (Å²) in [6.45, 7) is 14.5. The van der Waals surface area contributed by atoms with Gasteiger partial charge in [-0.25, -0.2) is 4.79 Å². The number of hydrogen-bond donors (Lipinski definition) is 5. The lowest BCUT2D eigenvalue weighted by Gasteiger charge is -2.25. The van der Waals surface area contributed by atoms with E-state index in [0.29, 0.717) is 23.5 Å². The number of methoxy groups -OCH3 is 1. The predicted molar refractivity (Wildman–Crippen MR) is 218 cm³/mol. The number of amides is 1. The number of rotatable bonds is 9. The van der Waals surface area contributed by atoms with Gasteiger partial charge in [-0.15, -0.1) is 11.3 Å². The zero-order valence-corrected chi connectivity index (χ0v) is 33.0. The van der Waals surface area contributed by atoms with E-state index in [2.05, 4.69) is 85.3 Å². The molecule has 1 aromatic rings. The number of alkyl carbamates (subject to hydrolysis) is 1. The van der Waals surface area contributed by atoms with Gasteiger partial charge in [0, 0.05) is 36.4 Å². The van der Waals surface area contributed by atoms with Crippen molar-refractivity contribution in [2.75, 3.05) is 27.2 Å². The van der Waals surface area contributed by atoms with Crippen LogP contribution in [0.25, 0.3) is 0 Å². The van der Waals surface area contributed by atoms with Crippen LogP contribution >= 0.6 is 11.3 Å². The van der Waals surface area contributed by atoms with Gasteiger partial charge in [-0.05, 0) is 99.2 Å². The third-order valence-electron chi connectivity index (χ3n) is 9.11. The maximum atomic E-state index is 10.6. The summed E-state index contributed by atoms with van der Waals surface area (Å²) >= 11 is 2.04. The Labute approximate surface area is 310 Å². The zero-order valence-electron chi connectivity index (χ0n) is 32.2. The van der Waals surface area contributed by atoms with E-state index in [1.807, 2.05) is 25.2 Å². The molecule has 1 amide bonds. The second kappa shape index (κ2) is 25.8. The highest BCUT2D eigenvalue weighted by molar-refractivity contribution is 7.12. The summed E-state index contributed by atoms with van der Waals surface area (Å²) < 4.78 is 4.32. The first-order valence-electron chi connectivity index (χ1n) is 18.4. The molecule has 4 aliphatic rings. The fourth-order valence-corrected chi connectivity index (χ4v) is 8.16. The average molecular weight is 720 g/mol. The Morgan fingerprint density at radius 3 is 2.20 bits per heavy atom. The van der Waals surface area contributed by atoms with E-state index in [0.717, 1.165) is 31.6 Å².